The molecule has 0 bridgehead atoms. The highest BCUT2D eigenvalue weighted by atomic mass is 32.2. The quantitative estimate of drug-likeness (QED) is 0.318. The Hall–Kier alpha value is -3.09. The third-order valence-corrected chi connectivity index (χ3v) is 6.82. The number of benzene rings is 2. The summed E-state index contributed by atoms with van der Waals surface area (Å²) < 4.78 is 77.2. The van der Waals surface area contributed by atoms with Crippen LogP contribution < -0.4 is 5.32 Å². The van der Waals surface area contributed by atoms with Gasteiger partial charge < -0.3 is 10.1 Å². The predicted octanol–water partition coefficient (Wildman–Crippen LogP) is 5.56. The van der Waals surface area contributed by atoms with Gasteiger partial charge in [-0.3, -0.25) is 0 Å². The molecule has 1 N–H and O–H groups in total. The highest BCUT2D eigenvalue weighted by Crippen LogP contribution is 2.28. The number of aromatic nitrogens is 2. The van der Waals surface area contributed by atoms with E-state index in [1.165, 1.54) is 30.3 Å². The number of hydrogen-bond donors (Lipinski definition) is 1. The van der Waals surface area contributed by atoms with Crippen LogP contribution in [0, 0.1) is 11.6 Å². The number of rotatable bonds is 6. The molecule has 4 rings (SSSR count). The summed E-state index contributed by atoms with van der Waals surface area (Å²) in [5, 5.41) is 2.91. The van der Waals surface area contributed by atoms with Gasteiger partial charge in [-0.25, -0.2) is 27.3 Å². The van der Waals surface area contributed by atoms with Crippen molar-refractivity contribution in [2.24, 2.45) is 0 Å². The molecule has 2 atom stereocenters. The van der Waals surface area contributed by atoms with Gasteiger partial charge in [0.2, 0.25) is 5.82 Å². The van der Waals surface area contributed by atoms with Gasteiger partial charge in [0.1, 0.15) is 28.9 Å². The van der Waals surface area contributed by atoms with Gasteiger partial charge in [0.15, 0.2) is 0 Å². The van der Waals surface area contributed by atoms with Gasteiger partial charge in [-0.15, -0.1) is 0 Å². The second-order valence-electron chi connectivity index (χ2n) is 7.83. The van der Waals surface area contributed by atoms with Crippen molar-refractivity contribution in [3.63, 3.8) is 0 Å². The molecule has 0 saturated carbocycles. The zero-order valence-corrected chi connectivity index (χ0v) is 22.0. The molecule has 6 nitrogen and oxygen atoms in total. The highest BCUT2D eigenvalue weighted by molar-refractivity contribution is 7.82. The minimum absolute atomic E-state index is 0.173. The molecule has 1 aliphatic rings. The van der Waals surface area contributed by atoms with Crippen LogP contribution in [0.2, 0.25) is 0 Å². The van der Waals surface area contributed by atoms with Crippen LogP contribution in [0.3, 0.4) is 0 Å². The summed E-state index contributed by atoms with van der Waals surface area (Å²) in [7, 11) is 0.379. The van der Waals surface area contributed by atoms with Crippen LogP contribution in [0.4, 0.5) is 22.0 Å². The van der Waals surface area contributed by atoms with Gasteiger partial charge in [-0.1, -0.05) is 19.9 Å². The van der Waals surface area contributed by atoms with Gasteiger partial charge in [0, 0.05) is 36.6 Å². The van der Waals surface area contributed by atoms with Crippen LogP contribution in [0.15, 0.2) is 59.8 Å². The minimum atomic E-state index is -4.61. The number of nitrogens with zero attached hydrogens (tertiary/aromatic N) is 3. The topological polar surface area (TPSA) is 75.2 Å². The van der Waals surface area contributed by atoms with E-state index in [0.29, 0.717) is 18.0 Å². The largest absolute Gasteiger partial charge is 0.451 e. The number of carbonyl (C=O) groups is 1. The van der Waals surface area contributed by atoms with E-state index in [9.17, 15) is 31.0 Å². The monoisotopic (exact) mass is 556 g/mol. The van der Waals surface area contributed by atoms with Crippen LogP contribution in [-0.2, 0) is 28.5 Å². The van der Waals surface area contributed by atoms with E-state index in [1.54, 1.807) is 23.5 Å². The van der Waals surface area contributed by atoms with E-state index in [4.69, 9.17) is 0 Å². The smallest absolute Gasteiger partial charge is 0.316 e. The SMILES string of the molecule is CC.CNCc1ccc(F)c(-c2cnc(C(F)(F)F)nc2)c1.O=C[C@@H]1CCCN1S(=O)c1ccc(F)cc1. The van der Waals surface area contributed by atoms with Crippen molar-refractivity contribution in [3.8, 4) is 11.1 Å². The molecule has 1 aliphatic heterocycles. The summed E-state index contributed by atoms with van der Waals surface area (Å²) in [5.41, 5.74) is 1.18. The number of carbonyl (C=O) groups excluding carboxylic acids is 1. The number of hydrogen-bond acceptors (Lipinski definition) is 5. The van der Waals surface area contributed by atoms with Crippen molar-refractivity contribution in [1.29, 1.82) is 0 Å². The summed E-state index contributed by atoms with van der Waals surface area (Å²) in [6, 6.07) is 9.68. The first-order valence-electron chi connectivity index (χ1n) is 11.9. The molecule has 0 amide bonds. The van der Waals surface area contributed by atoms with Gasteiger partial charge >= 0.3 is 6.18 Å². The Morgan fingerprint density at radius 2 is 1.71 bits per heavy atom. The van der Waals surface area contributed by atoms with Gasteiger partial charge in [0.25, 0.3) is 0 Å². The summed E-state index contributed by atoms with van der Waals surface area (Å²) in [4.78, 5) is 17.8. The Bertz CT molecular complexity index is 1190. The summed E-state index contributed by atoms with van der Waals surface area (Å²) in [6.07, 6.45) is -0.221. The maximum absolute atomic E-state index is 13.7. The molecule has 0 spiro atoms. The molecule has 12 heteroatoms. The van der Waals surface area contributed by atoms with E-state index in [2.05, 4.69) is 15.3 Å². The lowest BCUT2D eigenvalue weighted by molar-refractivity contribution is -0.145. The Balaban J connectivity index is 0.000000256. The third-order valence-electron chi connectivity index (χ3n) is 5.26. The van der Waals surface area contributed by atoms with E-state index >= 15 is 0 Å². The zero-order chi connectivity index (χ0) is 28.3. The fraction of sp³-hybridized carbons (Fsp3) is 0.346. The third kappa shape index (κ3) is 8.47. The van der Waals surface area contributed by atoms with Crippen molar-refractivity contribution in [2.45, 2.75) is 50.3 Å². The van der Waals surface area contributed by atoms with E-state index in [0.717, 1.165) is 37.1 Å². The van der Waals surface area contributed by atoms with Crippen LogP contribution >= 0.6 is 0 Å². The average molecular weight is 557 g/mol. The first-order chi connectivity index (χ1) is 18.1. The van der Waals surface area contributed by atoms with Crippen LogP contribution in [-0.4, -0.2) is 44.4 Å². The van der Waals surface area contributed by atoms with E-state index in [1.807, 2.05) is 13.8 Å². The van der Waals surface area contributed by atoms with Crippen LogP contribution in [0.25, 0.3) is 11.1 Å². The summed E-state index contributed by atoms with van der Waals surface area (Å²) >= 11 is 0. The Morgan fingerprint density at radius 1 is 1.08 bits per heavy atom. The molecule has 2 aromatic carbocycles. The number of alkyl halides is 3. The molecule has 1 aromatic heterocycles. The van der Waals surface area contributed by atoms with Gasteiger partial charge in [-0.2, -0.15) is 13.2 Å². The molecule has 1 fully saturated rings. The first kappa shape index (κ1) is 31.1. The lowest BCUT2D eigenvalue weighted by Crippen LogP contribution is -2.32. The van der Waals surface area contributed by atoms with Gasteiger partial charge in [-0.05, 0) is 61.9 Å². The van der Waals surface area contributed by atoms with Crippen molar-refractivity contribution < 1.29 is 31.0 Å². The molecule has 206 valence electrons. The standard InChI is InChI=1S/C13H11F4N3.C11H12FNO2S.C2H6/c1-18-5-8-2-3-11(14)10(4-8)9-6-19-12(20-7-9)13(15,16)17;12-9-3-5-11(6-4-9)16(15)13-7-1-2-10(13)8-14;1-2/h2-4,6-7,18H,5H2,1H3;3-6,8,10H,1-2,7H2;1-2H3/t;10-,16?;/m.0./s1. The fourth-order valence-electron chi connectivity index (χ4n) is 3.52. The van der Waals surface area contributed by atoms with Crippen molar-refractivity contribution in [2.75, 3.05) is 13.6 Å². The van der Waals surface area contributed by atoms with E-state index < -0.39 is 28.8 Å². The summed E-state index contributed by atoms with van der Waals surface area (Å²) in [5.74, 6) is -2.13. The molecular weight excluding hydrogens is 527 g/mol. The van der Waals surface area contributed by atoms with Gasteiger partial charge in [0.05, 0.1) is 10.9 Å². The highest BCUT2D eigenvalue weighted by Gasteiger charge is 2.34. The molecular formula is C26H29F5N4O2S. The van der Waals surface area contributed by atoms with Crippen LogP contribution in [0.1, 0.15) is 38.1 Å². The maximum Gasteiger partial charge on any atom is 0.451 e. The van der Waals surface area contributed by atoms with E-state index in [-0.39, 0.29) is 23.0 Å². The lowest BCUT2D eigenvalue weighted by atomic mass is 10.1. The molecule has 38 heavy (non-hydrogen) atoms. The number of nitrogens with one attached hydrogen (secondary N) is 1. The molecule has 2 heterocycles. The van der Waals surface area contributed by atoms with Crippen molar-refractivity contribution in [3.05, 3.63) is 77.9 Å². The Morgan fingerprint density at radius 3 is 2.26 bits per heavy atom. The summed E-state index contributed by atoms with van der Waals surface area (Å²) in [6.45, 7) is 5.17. The molecule has 0 aliphatic carbocycles. The first-order valence-corrected chi connectivity index (χ1v) is 13.0. The molecule has 0 radical (unpaired) electrons. The van der Waals surface area contributed by atoms with Crippen molar-refractivity contribution >= 4 is 17.3 Å². The number of aldehydes is 1. The van der Waals surface area contributed by atoms with Crippen molar-refractivity contribution in [1.82, 2.24) is 19.6 Å². The number of halogens is 5. The zero-order valence-electron chi connectivity index (χ0n) is 21.1. The fourth-order valence-corrected chi connectivity index (χ4v) is 4.85. The Labute approximate surface area is 220 Å². The lowest BCUT2D eigenvalue weighted by Gasteiger charge is -2.18. The molecule has 1 unspecified atom stereocenters. The predicted molar refractivity (Wildman–Crippen MR) is 135 cm³/mol. The van der Waals surface area contributed by atoms with Crippen LogP contribution in [0.5, 0.6) is 0 Å². The molecule has 1 saturated heterocycles. The second-order valence-corrected chi connectivity index (χ2v) is 9.27. The molecule has 3 aromatic rings. The maximum atomic E-state index is 13.7. The Kier molecular flexibility index (Phi) is 12.1. The average Bonchev–Trinajstić information content (AvgIpc) is 3.40. The normalized spacial score (nSPS) is 16.1. The minimum Gasteiger partial charge on any atom is -0.316 e. The second kappa shape index (κ2) is 14.7.